The highest BCUT2D eigenvalue weighted by atomic mass is 35.5. The molecule has 1 aliphatic rings. The van der Waals surface area contributed by atoms with Crippen molar-refractivity contribution in [3.05, 3.63) is 118 Å². The van der Waals surface area contributed by atoms with Crippen molar-refractivity contribution in [2.45, 2.75) is 25.9 Å². The summed E-state index contributed by atoms with van der Waals surface area (Å²) in [6.07, 6.45) is 4.29. The molecule has 0 radical (unpaired) electrons. The summed E-state index contributed by atoms with van der Waals surface area (Å²) < 4.78 is 22.0. The summed E-state index contributed by atoms with van der Waals surface area (Å²) in [6, 6.07) is 20.9. The molecule has 3 N–H and O–H groups in total. The van der Waals surface area contributed by atoms with Crippen molar-refractivity contribution in [2.24, 2.45) is 0 Å². The number of aromatic hydroxyl groups is 1. The molecule has 0 saturated heterocycles. The van der Waals surface area contributed by atoms with Crippen LogP contribution in [-0.2, 0) is 6.54 Å². The lowest BCUT2D eigenvalue weighted by Crippen LogP contribution is -2.28. The van der Waals surface area contributed by atoms with Crippen LogP contribution in [0.15, 0.2) is 94.4 Å². The van der Waals surface area contributed by atoms with Gasteiger partial charge in [-0.15, -0.1) is 12.4 Å². The van der Waals surface area contributed by atoms with Crippen LogP contribution in [0.1, 0.15) is 36.3 Å². The van der Waals surface area contributed by atoms with Crippen molar-refractivity contribution in [3.8, 4) is 17.0 Å². The minimum Gasteiger partial charge on any atom is -0.508 e. The minimum absolute atomic E-state index is 0. The molecule has 0 spiro atoms. The second-order valence-electron chi connectivity index (χ2n) is 11.0. The maximum atomic E-state index is 14.3. The molecule has 0 amide bonds. The van der Waals surface area contributed by atoms with Gasteiger partial charge in [0.1, 0.15) is 41.2 Å². The Balaban J connectivity index is 0.00000357. The van der Waals surface area contributed by atoms with Crippen LogP contribution in [0.3, 0.4) is 0 Å². The zero-order valence-corrected chi connectivity index (χ0v) is 25.2. The number of hydrogen-bond donors (Lipinski definition) is 2. The van der Waals surface area contributed by atoms with Crippen LogP contribution in [0.25, 0.3) is 38.6 Å². The molecule has 0 bridgehead atoms. The Labute approximate surface area is 263 Å². The van der Waals surface area contributed by atoms with E-state index in [1.54, 1.807) is 10.7 Å². The zero-order valence-electron chi connectivity index (χ0n) is 24.4. The molecule has 4 heterocycles. The Hall–Kier alpha value is -5.06. The van der Waals surface area contributed by atoms with E-state index in [2.05, 4.69) is 33.1 Å². The molecule has 3 aromatic carbocycles. The number of nitrogens with two attached hydrogens (primary N) is 1. The molecule has 3 aromatic heterocycles. The van der Waals surface area contributed by atoms with E-state index < -0.39 is 17.5 Å². The van der Waals surface area contributed by atoms with E-state index in [1.807, 2.05) is 43.3 Å². The molecule has 1 atom stereocenters. The molecular weight excluding hydrogens is 595 g/mol. The summed E-state index contributed by atoms with van der Waals surface area (Å²) in [5.41, 5.74) is 10.0. The van der Waals surface area contributed by atoms with E-state index in [4.69, 9.17) is 15.2 Å². The van der Waals surface area contributed by atoms with E-state index in [0.717, 1.165) is 48.6 Å². The average Bonchev–Trinajstić information content (AvgIpc) is 3.42. The van der Waals surface area contributed by atoms with E-state index in [9.17, 15) is 14.3 Å². The highest BCUT2D eigenvalue weighted by molar-refractivity contribution is 5.99. The normalized spacial score (nSPS) is 14.3. The number of phenols is 1. The standard InChI is InChI=1S/C34H29FN6O3.ClH/c1-20(41-33-29(32(36)37-19-38-33)30(39-41)23-15-24(35)17-25(42)16-23)31-28(26-9-5-6-10-27(26)34(43)44-31)22-11-13-40(14-12-22)18-21-7-3-2-4-8-21;/h2-11,15-17,19-20,42H,12-14,18H2,1H3,(H2,36,37,38);1H. The van der Waals surface area contributed by atoms with Crippen molar-refractivity contribution in [3.63, 3.8) is 0 Å². The van der Waals surface area contributed by atoms with Gasteiger partial charge in [0.25, 0.3) is 0 Å². The van der Waals surface area contributed by atoms with Crippen LogP contribution < -0.4 is 11.4 Å². The second kappa shape index (κ2) is 12.1. The van der Waals surface area contributed by atoms with E-state index in [0.29, 0.717) is 33.4 Å². The fraction of sp³-hybridized carbons (Fsp3) is 0.176. The molecule has 228 valence electrons. The number of nitrogen functional groups attached to an aromatic ring is 1. The van der Waals surface area contributed by atoms with Crippen molar-refractivity contribution >= 4 is 45.6 Å². The highest BCUT2D eigenvalue weighted by Gasteiger charge is 2.28. The Bertz CT molecular complexity index is 2110. The number of anilines is 1. The highest BCUT2D eigenvalue weighted by Crippen LogP contribution is 2.38. The lowest BCUT2D eigenvalue weighted by atomic mass is 9.92. The van der Waals surface area contributed by atoms with Crippen LogP contribution in [-0.4, -0.2) is 42.8 Å². The van der Waals surface area contributed by atoms with Gasteiger partial charge in [0.2, 0.25) is 0 Å². The summed E-state index contributed by atoms with van der Waals surface area (Å²) in [4.78, 5) is 24.3. The molecule has 45 heavy (non-hydrogen) atoms. The predicted molar refractivity (Wildman–Crippen MR) is 175 cm³/mol. The first-order chi connectivity index (χ1) is 21.4. The molecule has 9 nitrogen and oxygen atoms in total. The summed E-state index contributed by atoms with van der Waals surface area (Å²) in [7, 11) is 0. The number of aromatic nitrogens is 4. The maximum absolute atomic E-state index is 14.3. The summed E-state index contributed by atoms with van der Waals surface area (Å²) in [5.74, 6) is -0.286. The second-order valence-corrected chi connectivity index (χ2v) is 11.0. The third-order valence-corrected chi connectivity index (χ3v) is 8.15. The SMILES string of the molecule is CC(c1oc(=O)c2ccccc2c1C1=CCN(Cc2ccccc2)CC1)n1nc(-c2cc(O)cc(F)c2)c2c(N)ncnc21.Cl. The fourth-order valence-corrected chi connectivity index (χ4v) is 6.06. The zero-order chi connectivity index (χ0) is 30.4. The van der Waals surface area contributed by atoms with Gasteiger partial charge in [-0.25, -0.2) is 23.8 Å². The van der Waals surface area contributed by atoms with Gasteiger partial charge in [0, 0.05) is 36.8 Å². The lowest BCUT2D eigenvalue weighted by molar-refractivity contribution is 0.293. The molecule has 0 fully saturated rings. The van der Waals surface area contributed by atoms with Gasteiger partial charge in [-0.1, -0.05) is 54.6 Å². The molecule has 11 heteroatoms. The van der Waals surface area contributed by atoms with Crippen LogP contribution in [0.4, 0.5) is 10.2 Å². The smallest absolute Gasteiger partial charge is 0.343 e. The quantitative estimate of drug-likeness (QED) is 0.220. The van der Waals surface area contributed by atoms with Crippen molar-refractivity contribution < 1.29 is 13.9 Å². The first-order valence-electron chi connectivity index (χ1n) is 14.4. The van der Waals surface area contributed by atoms with Gasteiger partial charge in [0.15, 0.2) is 5.65 Å². The first-order valence-corrected chi connectivity index (χ1v) is 14.4. The number of halogens is 2. The number of phenolic OH excluding ortho intramolecular Hbond substituents is 1. The monoisotopic (exact) mass is 624 g/mol. The molecule has 6 aromatic rings. The van der Waals surface area contributed by atoms with Gasteiger partial charge in [-0.3, -0.25) is 4.90 Å². The van der Waals surface area contributed by atoms with Gasteiger partial charge in [-0.2, -0.15) is 5.10 Å². The van der Waals surface area contributed by atoms with Crippen molar-refractivity contribution in [2.75, 3.05) is 18.8 Å². The summed E-state index contributed by atoms with van der Waals surface area (Å²) in [5, 5.41) is 16.6. The Morgan fingerprint density at radius 2 is 1.80 bits per heavy atom. The third-order valence-electron chi connectivity index (χ3n) is 8.15. The predicted octanol–water partition coefficient (Wildman–Crippen LogP) is 6.35. The van der Waals surface area contributed by atoms with E-state index >= 15 is 0 Å². The van der Waals surface area contributed by atoms with Gasteiger partial charge < -0.3 is 15.3 Å². The van der Waals surface area contributed by atoms with E-state index in [-0.39, 0.29) is 24.0 Å². The van der Waals surface area contributed by atoms with Crippen LogP contribution in [0, 0.1) is 5.82 Å². The Morgan fingerprint density at radius 3 is 2.53 bits per heavy atom. The first kappa shape index (κ1) is 30.0. The average molecular weight is 625 g/mol. The van der Waals surface area contributed by atoms with Crippen LogP contribution >= 0.6 is 12.4 Å². The van der Waals surface area contributed by atoms with Gasteiger partial charge >= 0.3 is 5.63 Å². The van der Waals surface area contributed by atoms with Crippen molar-refractivity contribution in [1.29, 1.82) is 0 Å². The molecule has 1 unspecified atom stereocenters. The maximum Gasteiger partial charge on any atom is 0.343 e. The summed E-state index contributed by atoms with van der Waals surface area (Å²) in [6.45, 7) is 4.30. The molecule has 7 rings (SSSR count). The topological polar surface area (TPSA) is 123 Å². The number of nitrogens with zero attached hydrogens (tertiary/aromatic N) is 5. The number of fused-ring (bicyclic) bond motifs is 2. The molecule has 0 aliphatic carbocycles. The number of hydrogen-bond acceptors (Lipinski definition) is 8. The largest absolute Gasteiger partial charge is 0.508 e. The number of benzene rings is 3. The van der Waals surface area contributed by atoms with Crippen LogP contribution in [0.2, 0.25) is 0 Å². The van der Waals surface area contributed by atoms with Gasteiger partial charge in [-0.05, 0) is 48.1 Å². The Kier molecular flexibility index (Phi) is 8.09. The third kappa shape index (κ3) is 5.54. The minimum atomic E-state index is -0.625. The van der Waals surface area contributed by atoms with Gasteiger partial charge in [0.05, 0.1) is 10.8 Å². The fourth-order valence-electron chi connectivity index (χ4n) is 6.06. The molecular formula is C34H30ClFN6O3. The van der Waals surface area contributed by atoms with Crippen molar-refractivity contribution in [1.82, 2.24) is 24.6 Å². The molecule has 0 saturated carbocycles. The molecule has 1 aliphatic heterocycles. The number of rotatable bonds is 6. The summed E-state index contributed by atoms with van der Waals surface area (Å²) >= 11 is 0. The lowest BCUT2D eigenvalue weighted by Gasteiger charge is -2.28. The van der Waals surface area contributed by atoms with Crippen LogP contribution in [0.5, 0.6) is 5.75 Å². The Morgan fingerprint density at radius 1 is 1.04 bits per heavy atom. The van der Waals surface area contributed by atoms with E-state index in [1.165, 1.54) is 24.0 Å².